The SMILES string of the molecule is COc1ccnc(C(=O)N[C@@H](C)C(=O)O[C@H](C)[C@@H](Oc2ccccc2)C(C)C)c1O. The number of para-hydroxylation sites is 1. The number of ether oxygens (including phenoxy) is 3. The van der Waals surface area contributed by atoms with Crippen LogP contribution in [-0.2, 0) is 9.53 Å². The average Bonchev–Trinajstić information content (AvgIpc) is 2.72. The minimum atomic E-state index is -0.961. The topological polar surface area (TPSA) is 107 Å². The molecule has 1 aromatic carbocycles. The number of carbonyl (C=O) groups excluding carboxylic acids is 2. The van der Waals surface area contributed by atoms with Crippen LogP contribution < -0.4 is 14.8 Å². The van der Waals surface area contributed by atoms with Crippen molar-refractivity contribution in [3.8, 4) is 17.2 Å². The van der Waals surface area contributed by atoms with Crippen LogP contribution in [0.3, 0.4) is 0 Å². The summed E-state index contributed by atoms with van der Waals surface area (Å²) in [7, 11) is 1.36. The minimum Gasteiger partial charge on any atom is -0.503 e. The van der Waals surface area contributed by atoms with Gasteiger partial charge >= 0.3 is 5.97 Å². The van der Waals surface area contributed by atoms with Crippen LogP contribution in [0.4, 0.5) is 0 Å². The number of pyridine rings is 1. The number of nitrogens with zero attached hydrogens (tertiary/aromatic N) is 1. The molecule has 0 saturated carbocycles. The molecule has 1 aromatic heterocycles. The summed E-state index contributed by atoms with van der Waals surface area (Å²) in [6, 6.07) is 9.74. The van der Waals surface area contributed by atoms with Gasteiger partial charge < -0.3 is 24.6 Å². The zero-order valence-corrected chi connectivity index (χ0v) is 17.8. The number of amides is 1. The van der Waals surface area contributed by atoms with E-state index >= 15 is 0 Å². The molecule has 30 heavy (non-hydrogen) atoms. The third-order valence-corrected chi connectivity index (χ3v) is 4.46. The number of hydrogen-bond donors (Lipinski definition) is 2. The second-order valence-electron chi connectivity index (χ2n) is 7.19. The Labute approximate surface area is 176 Å². The predicted octanol–water partition coefficient (Wildman–Crippen LogP) is 2.95. The van der Waals surface area contributed by atoms with Crippen LogP contribution in [-0.4, -0.2) is 47.3 Å². The number of nitrogens with one attached hydrogen (secondary N) is 1. The smallest absolute Gasteiger partial charge is 0.328 e. The first-order chi connectivity index (χ1) is 14.2. The lowest BCUT2D eigenvalue weighted by Gasteiger charge is -2.29. The molecule has 0 unspecified atom stereocenters. The molecule has 3 atom stereocenters. The largest absolute Gasteiger partial charge is 0.503 e. The van der Waals surface area contributed by atoms with Crippen molar-refractivity contribution in [2.45, 2.75) is 45.9 Å². The van der Waals surface area contributed by atoms with Gasteiger partial charge in [-0.3, -0.25) is 4.79 Å². The summed E-state index contributed by atoms with van der Waals surface area (Å²) in [6.45, 7) is 7.18. The van der Waals surface area contributed by atoms with Crippen LogP contribution in [0.5, 0.6) is 17.2 Å². The normalized spacial score (nSPS) is 13.8. The highest BCUT2D eigenvalue weighted by Crippen LogP contribution is 2.27. The molecule has 0 fully saturated rings. The van der Waals surface area contributed by atoms with Crippen LogP contribution in [0.2, 0.25) is 0 Å². The lowest BCUT2D eigenvalue weighted by molar-refractivity contribution is -0.155. The van der Waals surface area contributed by atoms with Crippen LogP contribution in [0.15, 0.2) is 42.6 Å². The Kier molecular flexibility index (Phi) is 8.03. The van der Waals surface area contributed by atoms with Gasteiger partial charge in [-0.2, -0.15) is 0 Å². The predicted molar refractivity (Wildman–Crippen MR) is 111 cm³/mol. The van der Waals surface area contributed by atoms with Gasteiger partial charge in [-0.25, -0.2) is 9.78 Å². The van der Waals surface area contributed by atoms with Crippen molar-refractivity contribution in [3.63, 3.8) is 0 Å². The summed E-state index contributed by atoms with van der Waals surface area (Å²) in [5, 5.41) is 12.5. The van der Waals surface area contributed by atoms with Crippen molar-refractivity contribution in [1.82, 2.24) is 10.3 Å². The van der Waals surface area contributed by atoms with Gasteiger partial charge in [0.1, 0.15) is 24.0 Å². The molecular weight excluding hydrogens is 388 g/mol. The number of benzene rings is 1. The van der Waals surface area contributed by atoms with E-state index in [1.807, 2.05) is 44.2 Å². The summed E-state index contributed by atoms with van der Waals surface area (Å²) in [5.74, 6) is -0.875. The Hall–Kier alpha value is -3.29. The first kappa shape index (κ1) is 23.0. The lowest BCUT2D eigenvalue weighted by Crippen LogP contribution is -2.44. The number of hydrogen-bond acceptors (Lipinski definition) is 7. The average molecular weight is 416 g/mol. The Morgan fingerprint density at radius 1 is 1.07 bits per heavy atom. The van der Waals surface area contributed by atoms with E-state index in [-0.39, 0.29) is 23.5 Å². The molecule has 0 spiro atoms. The first-order valence-corrected chi connectivity index (χ1v) is 9.69. The van der Waals surface area contributed by atoms with Crippen molar-refractivity contribution < 1.29 is 28.9 Å². The maximum atomic E-state index is 12.5. The molecule has 1 heterocycles. The van der Waals surface area contributed by atoms with Gasteiger partial charge in [0.05, 0.1) is 7.11 Å². The van der Waals surface area contributed by atoms with Crippen molar-refractivity contribution >= 4 is 11.9 Å². The van der Waals surface area contributed by atoms with Gasteiger partial charge in [-0.05, 0) is 31.9 Å². The van der Waals surface area contributed by atoms with Crippen molar-refractivity contribution in [2.24, 2.45) is 5.92 Å². The molecule has 162 valence electrons. The molecule has 0 bridgehead atoms. The summed E-state index contributed by atoms with van der Waals surface area (Å²) in [4.78, 5) is 28.7. The van der Waals surface area contributed by atoms with Gasteiger partial charge in [0.25, 0.3) is 5.91 Å². The number of carbonyl (C=O) groups is 2. The number of aromatic hydroxyl groups is 1. The summed E-state index contributed by atoms with van der Waals surface area (Å²) < 4.78 is 16.5. The third-order valence-electron chi connectivity index (χ3n) is 4.46. The maximum absolute atomic E-state index is 12.5. The summed E-state index contributed by atoms with van der Waals surface area (Å²) >= 11 is 0. The number of aromatic nitrogens is 1. The Morgan fingerprint density at radius 2 is 1.73 bits per heavy atom. The Balaban J connectivity index is 2.00. The van der Waals surface area contributed by atoms with Gasteiger partial charge in [-0.15, -0.1) is 0 Å². The van der Waals surface area contributed by atoms with E-state index in [0.29, 0.717) is 5.75 Å². The van der Waals surface area contributed by atoms with Crippen molar-refractivity contribution in [3.05, 3.63) is 48.3 Å². The Bertz CT molecular complexity index is 856. The number of esters is 1. The second-order valence-corrected chi connectivity index (χ2v) is 7.19. The van der Waals surface area contributed by atoms with Crippen LogP contribution in [0, 0.1) is 5.92 Å². The van der Waals surface area contributed by atoms with E-state index in [0.717, 1.165) is 0 Å². The fourth-order valence-electron chi connectivity index (χ4n) is 2.87. The van der Waals surface area contributed by atoms with Gasteiger partial charge in [0.2, 0.25) is 0 Å². The molecule has 0 aliphatic carbocycles. The molecule has 0 aliphatic rings. The molecule has 0 aliphatic heterocycles. The molecule has 0 radical (unpaired) electrons. The molecule has 8 nitrogen and oxygen atoms in total. The van der Waals surface area contributed by atoms with E-state index < -0.39 is 29.8 Å². The minimum absolute atomic E-state index is 0.0795. The fourth-order valence-corrected chi connectivity index (χ4v) is 2.87. The van der Waals surface area contributed by atoms with E-state index in [2.05, 4.69) is 10.3 Å². The van der Waals surface area contributed by atoms with E-state index in [9.17, 15) is 14.7 Å². The van der Waals surface area contributed by atoms with Crippen LogP contribution in [0.25, 0.3) is 0 Å². The quantitative estimate of drug-likeness (QED) is 0.605. The van der Waals surface area contributed by atoms with Gasteiger partial charge in [0, 0.05) is 12.3 Å². The highest BCUT2D eigenvalue weighted by Gasteiger charge is 2.29. The van der Waals surface area contributed by atoms with Gasteiger partial charge in [0.15, 0.2) is 17.2 Å². The second kappa shape index (κ2) is 10.5. The fraction of sp³-hybridized carbons (Fsp3) is 0.409. The molecule has 2 rings (SSSR count). The van der Waals surface area contributed by atoms with E-state index in [1.54, 1.807) is 6.92 Å². The first-order valence-electron chi connectivity index (χ1n) is 9.69. The summed E-state index contributed by atoms with van der Waals surface area (Å²) in [6.07, 6.45) is 0.399. The highest BCUT2D eigenvalue weighted by atomic mass is 16.6. The molecule has 2 N–H and O–H groups in total. The molecule has 0 saturated heterocycles. The third kappa shape index (κ3) is 5.85. The summed E-state index contributed by atoms with van der Waals surface area (Å²) in [5.41, 5.74) is -0.241. The standard InChI is InChI=1S/C22H28N2O6/c1-13(2)20(30-16-9-7-6-8-10-16)15(4)29-22(27)14(3)24-21(26)18-19(25)17(28-5)11-12-23-18/h6-15,20,25H,1-5H3,(H,24,26)/t14-,15+,20-/m0/s1. The lowest BCUT2D eigenvalue weighted by atomic mass is 10.0. The Morgan fingerprint density at radius 3 is 2.33 bits per heavy atom. The monoisotopic (exact) mass is 416 g/mol. The van der Waals surface area contributed by atoms with E-state index in [4.69, 9.17) is 14.2 Å². The van der Waals surface area contributed by atoms with E-state index in [1.165, 1.54) is 26.3 Å². The van der Waals surface area contributed by atoms with Crippen LogP contribution >= 0.6 is 0 Å². The molecule has 8 heteroatoms. The van der Waals surface area contributed by atoms with Crippen molar-refractivity contribution in [2.75, 3.05) is 7.11 Å². The molecular formula is C22H28N2O6. The molecule has 2 aromatic rings. The van der Waals surface area contributed by atoms with Gasteiger partial charge in [-0.1, -0.05) is 32.0 Å². The zero-order chi connectivity index (χ0) is 22.3. The number of rotatable bonds is 9. The zero-order valence-electron chi connectivity index (χ0n) is 17.8. The number of methoxy groups -OCH3 is 1. The maximum Gasteiger partial charge on any atom is 0.328 e. The van der Waals surface area contributed by atoms with Crippen molar-refractivity contribution in [1.29, 1.82) is 0 Å². The van der Waals surface area contributed by atoms with Crippen LogP contribution in [0.1, 0.15) is 38.2 Å². The molecule has 1 amide bonds. The highest BCUT2D eigenvalue weighted by molar-refractivity contribution is 5.97.